The maximum absolute atomic E-state index is 14.1. The summed E-state index contributed by atoms with van der Waals surface area (Å²) in [5.74, 6) is 0.702. The van der Waals surface area contributed by atoms with Crippen LogP contribution in [0.15, 0.2) is 47.5 Å². The van der Waals surface area contributed by atoms with Gasteiger partial charge in [0.25, 0.3) is 0 Å². The third-order valence-corrected chi connectivity index (χ3v) is 6.01. The number of nitrogens with zero attached hydrogens (tertiary/aromatic N) is 2. The molecule has 2 aromatic carbocycles. The minimum atomic E-state index is -0.714. The molecule has 5 nitrogen and oxygen atoms in total. The third kappa shape index (κ3) is 3.34. The molecular weight excluding hydrogens is 410 g/mol. The summed E-state index contributed by atoms with van der Waals surface area (Å²) >= 11 is 0. The number of nitrogens with one attached hydrogen (secondary N) is 1. The number of Topliss-reactive ketones (excluding diaryl/α,β-unsaturated/α-hetero) is 1. The maximum atomic E-state index is 14.1. The average molecular weight is 428 g/mol. The first-order valence-electron chi connectivity index (χ1n) is 9.83. The second kappa shape index (κ2) is 7.79. The van der Waals surface area contributed by atoms with Crippen molar-refractivity contribution in [3.05, 3.63) is 81.4 Å². The van der Waals surface area contributed by atoms with Crippen molar-refractivity contribution in [2.75, 3.05) is 13.1 Å². The van der Waals surface area contributed by atoms with E-state index in [4.69, 9.17) is 22.8 Å². The fraction of sp³-hybridized carbons (Fsp3) is 0.160. The highest BCUT2D eigenvalue weighted by Crippen LogP contribution is 2.55. The van der Waals surface area contributed by atoms with E-state index < -0.39 is 17.0 Å². The largest absolute Gasteiger partial charge is 0.370 e. The Hall–Kier alpha value is -4.23. The zero-order valence-electron chi connectivity index (χ0n) is 17.0. The van der Waals surface area contributed by atoms with Gasteiger partial charge in [0.1, 0.15) is 17.7 Å². The van der Waals surface area contributed by atoms with Crippen LogP contribution in [-0.2, 0) is 4.79 Å². The van der Waals surface area contributed by atoms with Gasteiger partial charge in [-0.05, 0) is 54.0 Å². The molecule has 1 aliphatic heterocycles. The lowest BCUT2D eigenvalue weighted by molar-refractivity contribution is -0.117. The Morgan fingerprint density at radius 2 is 1.69 bits per heavy atom. The zero-order chi connectivity index (χ0) is 23.0. The number of guanidine groups is 1. The first kappa shape index (κ1) is 21.0. The summed E-state index contributed by atoms with van der Waals surface area (Å²) in [6.07, 6.45) is 9.04. The van der Waals surface area contributed by atoms with Crippen molar-refractivity contribution in [3.63, 3.8) is 0 Å². The van der Waals surface area contributed by atoms with E-state index in [1.807, 2.05) is 0 Å². The van der Waals surface area contributed by atoms with Gasteiger partial charge in [-0.15, -0.1) is 6.42 Å². The van der Waals surface area contributed by atoms with Crippen LogP contribution in [0.3, 0.4) is 0 Å². The minimum Gasteiger partial charge on any atom is -0.370 e. The van der Waals surface area contributed by atoms with Crippen LogP contribution in [-0.4, -0.2) is 29.7 Å². The highest BCUT2D eigenvalue weighted by molar-refractivity contribution is 6.24. The number of carbonyl (C=O) groups is 1. The van der Waals surface area contributed by atoms with E-state index in [1.54, 1.807) is 35.3 Å². The molecular formula is C25H18F2N4O. The lowest BCUT2D eigenvalue weighted by Crippen LogP contribution is -2.47. The van der Waals surface area contributed by atoms with Crippen molar-refractivity contribution in [2.45, 2.75) is 6.42 Å². The fourth-order valence-corrected chi connectivity index (χ4v) is 4.31. The highest BCUT2D eigenvalue weighted by Gasteiger charge is 2.57. The molecule has 1 heterocycles. The molecule has 1 aliphatic carbocycles. The van der Waals surface area contributed by atoms with Crippen molar-refractivity contribution in [1.82, 2.24) is 4.90 Å². The van der Waals surface area contributed by atoms with Crippen LogP contribution in [0, 0.1) is 46.1 Å². The lowest BCUT2D eigenvalue weighted by Gasteiger charge is -2.43. The predicted molar refractivity (Wildman–Crippen MR) is 117 cm³/mol. The molecule has 2 fully saturated rings. The van der Waals surface area contributed by atoms with Crippen LogP contribution < -0.4 is 5.73 Å². The molecule has 2 aliphatic rings. The Balaban J connectivity index is 1.78. The van der Waals surface area contributed by atoms with Crippen molar-refractivity contribution < 1.29 is 13.6 Å². The van der Waals surface area contributed by atoms with E-state index >= 15 is 0 Å². The molecule has 1 saturated carbocycles. The summed E-state index contributed by atoms with van der Waals surface area (Å²) in [6.45, 7) is 0.791. The molecule has 7 heteroatoms. The van der Waals surface area contributed by atoms with E-state index in [0.29, 0.717) is 41.8 Å². The Kier molecular flexibility index (Phi) is 5.12. The van der Waals surface area contributed by atoms with Gasteiger partial charge in [-0.25, -0.2) is 8.78 Å². The molecule has 2 aromatic rings. The fourth-order valence-electron chi connectivity index (χ4n) is 4.31. The number of rotatable bonds is 2. The molecule has 4 rings (SSSR count). The number of carbonyl (C=O) groups excluding carboxylic acids is 1. The number of nitriles is 1. The van der Waals surface area contributed by atoms with Crippen LogP contribution in [0.25, 0.3) is 12.2 Å². The number of halogens is 2. The van der Waals surface area contributed by atoms with Gasteiger partial charge < -0.3 is 10.6 Å². The Labute approximate surface area is 184 Å². The molecule has 0 bridgehead atoms. The number of hydrogen-bond acceptors (Lipinski definition) is 3. The van der Waals surface area contributed by atoms with E-state index in [1.165, 1.54) is 24.3 Å². The number of likely N-dealkylation sites (tertiary alicyclic amines) is 1. The van der Waals surface area contributed by atoms with Crippen molar-refractivity contribution in [3.8, 4) is 18.4 Å². The zero-order valence-corrected chi connectivity index (χ0v) is 17.0. The SMILES string of the molecule is C#Cc1ccc(/C=C2/C(=O)/C(=C/c3ccc(C#N)c(F)c3)C23CCN(C(=N)N)C3)cc1F. The molecule has 32 heavy (non-hydrogen) atoms. The van der Waals surface area contributed by atoms with Gasteiger partial charge in [-0.3, -0.25) is 10.2 Å². The van der Waals surface area contributed by atoms with Gasteiger partial charge in [0.05, 0.1) is 11.1 Å². The third-order valence-electron chi connectivity index (χ3n) is 6.01. The van der Waals surface area contributed by atoms with Gasteiger partial charge >= 0.3 is 0 Å². The molecule has 1 saturated heterocycles. The smallest absolute Gasteiger partial charge is 0.188 e. The molecule has 3 N–H and O–H groups in total. The molecule has 0 radical (unpaired) electrons. The maximum Gasteiger partial charge on any atom is 0.188 e. The Bertz CT molecular complexity index is 1230. The van der Waals surface area contributed by atoms with Crippen molar-refractivity contribution in [2.24, 2.45) is 11.1 Å². The standard InChI is InChI=1S/C25H18F2N4O/c1-2-17-5-3-15(11-21(17)26)9-19-23(32)20(25(19)7-8-31(14-25)24(29)30)10-16-4-6-18(13-28)22(27)12-16/h1,3-6,9-12H,7-8,14H2,(H3,29,30)/b19-9-,20-10-. The Morgan fingerprint density at radius 3 is 2.12 bits per heavy atom. The van der Waals surface area contributed by atoms with Gasteiger partial charge in [0.15, 0.2) is 11.7 Å². The summed E-state index contributed by atoms with van der Waals surface area (Å²) in [5.41, 5.74) is 6.91. The first-order chi connectivity index (χ1) is 15.3. The van der Waals surface area contributed by atoms with E-state index in [0.717, 1.165) is 0 Å². The van der Waals surface area contributed by atoms with Crippen molar-refractivity contribution >= 4 is 23.9 Å². The van der Waals surface area contributed by atoms with Crippen LogP contribution >= 0.6 is 0 Å². The molecule has 0 amide bonds. The van der Waals surface area contributed by atoms with Gasteiger partial charge in [-0.2, -0.15) is 5.26 Å². The van der Waals surface area contributed by atoms with Crippen LogP contribution in [0.2, 0.25) is 0 Å². The highest BCUT2D eigenvalue weighted by atomic mass is 19.1. The van der Waals surface area contributed by atoms with Crippen LogP contribution in [0.4, 0.5) is 8.78 Å². The molecule has 0 aromatic heterocycles. The summed E-state index contributed by atoms with van der Waals surface area (Å²) in [7, 11) is 0. The second-order valence-electron chi connectivity index (χ2n) is 7.82. The number of hydrogen-bond donors (Lipinski definition) is 2. The van der Waals surface area contributed by atoms with Crippen LogP contribution in [0.5, 0.6) is 0 Å². The minimum absolute atomic E-state index is 0.0801. The van der Waals surface area contributed by atoms with E-state index in [9.17, 15) is 13.6 Å². The lowest BCUT2D eigenvalue weighted by atomic mass is 9.58. The van der Waals surface area contributed by atoms with Gasteiger partial charge in [0.2, 0.25) is 0 Å². The van der Waals surface area contributed by atoms with Gasteiger partial charge in [0, 0.05) is 29.7 Å². The van der Waals surface area contributed by atoms with E-state index in [-0.39, 0.29) is 22.9 Å². The summed E-state index contributed by atoms with van der Waals surface area (Å²) in [6, 6.07) is 10.3. The summed E-state index contributed by atoms with van der Waals surface area (Å²) in [5, 5.41) is 16.7. The average Bonchev–Trinajstić information content (AvgIpc) is 3.24. The Morgan fingerprint density at radius 1 is 1.12 bits per heavy atom. The van der Waals surface area contributed by atoms with Crippen molar-refractivity contribution in [1.29, 1.82) is 10.7 Å². The number of nitrogens with two attached hydrogens (primary N) is 1. The molecule has 1 atom stereocenters. The first-order valence-corrected chi connectivity index (χ1v) is 9.83. The number of benzene rings is 2. The van der Waals surface area contributed by atoms with Gasteiger partial charge in [-0.1, -0.05) is 18.1 Å². The normalized spacial score (nSPS) is 22.1. The molecule has 1 spiro atoms. The summed E-state index contributed by atoms with van der Waals surface area (Å²) < 4.78 is 28.2. The molecule has 1 unspecified atom stereocenters. The topological polar surface area (TPSA) is 94.0 Å². The van der Waals surface area contributed by atoms with Crippen LogP contribution in [0.1, 0.15) is 28.7 Å². The van der Waals surface area contributed by atoms with E-state index in [2.05, 4.69) is 5.92 Å². The number of ketones is 1. The second-order valence-corrected chi connectivity index (χ2v) is 7.82. The quantitative estimate of drug-likeness (QED) is 0.332. The summed E-state index contributed by atoms with van der Waals surface area (Å²) in [4.78, 5) is 14.8. The molecule has 158 valence electrons. The predicted octanol–water partition coefficient (Wildman–Crippen LogP) is 3.45. The monoisotopic (exact) mass is 428 g/mol. The number of terminal acetylenes is 1.